The van der Waals surface area contributed by atoms with Crippen molar-refractivity contribution in [2.75, 3.05) is 0 Å². The van der Waals surface area contributed by atoms with Gasteiger partial charge in [0, 0.05) is 18.6 Å². The van der Waals surface area contributed by atoms with Crippen LogP contribution in [0.15, 0.2) is 47.0 Å². The van der Waals surface area contributed by atoms with E-state index in [1.807, 2.05) is 49.6 Å². The Balaban J connectivity index is 2.05. The zero-order chi connectivity index (χ0) is 12.5. The normalized spacial score (nSPS) is 13.0. The summed E-state index contributed by atoms with van der Waals surface area (Å²) in [5.41, 5.74) is 4.42. The molecule has 0 amide bonds. The summed E-state index contributed by atoms with van der Waals surface area (Å²) in [4.78, 5) is 0. The van der Waals surface area contributed by atoms with Gasteiger partial charge in [0.1, 0.15) is 17.4 Å². The van der Waals surface area contributed by atoms with Gasteiger partial charge < -0.3 is 4.42 Å². The first kappa shape index (κ1) is 11.0. The van der Waals surface area contributed by atoms with Crippen molar-refractivity contribution in [3.8, 4) is 0 Å². The van der Waals surface area contributed by atoms with Crippen molar-refractivity contribution >= 4 is 11.0 Å². The van der Waals surface area contributed by atoms with Gasteiger partial charge in [0.05, 0.1) is 5.69 Å². The van der Waals surface area contributed by atoms with E-state index in [2.05, 4.69) is 10.5 Å². The van der Waals surface area contributed by atoms with E-state index in [9.17, 15) is 0 Å². The van der Waals surface area contributed by atoms with Crippen molar-refractivity contribution in [3.05, 3.63) is 54.0 Å². The summed E-state index contributed by atoms with van der Waals surface area (Å²) < 4.78 is 7.53. The number of aryl methyl sites for hydroxylation is 1. The summed E-state index contributed by atoms with van der Waals surface area (Å²) in [6, 6.07) is 11.5. The van der Waals surface area contributed by atoms with Crippen LogP contribution in [-0.4, -0.2) is 9.78 Å². The summed E-state index contributed by atoms with van der Waals surface area (Å²) >= 11 is 0. The minimum atomic E-state index is -0.237. The van der Waals surface area contributed by atoms with E-state index in [0.717, 1.165) is 22.4 Å². The highest BCUT2D eigenvalue weighted by atomic mass is 16.3. The molecule has 92 valence electrons. The van der Waals surface area contributed by atoms with Crippen LogP contribution in [0, 0.1) is 0 Å². The molecule has 2 aromatic heterocycles. The summed E-state index contributed by atoms with van der Waals surface area (Å²) in [5.74, 6) is 6.37. The third-order valence-corrected chi connectivity index (χ3v) is 2.93. The zero-order valence-electron chi connectivity index (χ0n) is 10.00. The molecule has 0 aliphatic rings. The maximum Gasteiger partial charge on any atom is 0.134 e. The van der Waals surface area contributed by atoms with E-state index in [-0.39, 0.29) is 6.04 Å². The quantitative estimate of drug-likeness (QED) is 0.542. The second-order valence-corrected chi connectivity index (χ2v) is 4.20. The highest BCUT2D eigenvalue weighted by Gasteiger charge is 2.19. The van der Waals surface area contributed by atoms with Crippen molar-refractivity contribution in [2.24, 2.45) is 12.9 Å². The lowest BCUT2D eigenvalue weighted by atomic mass is 10.1. The van der Waals surface area contributed by atoms with Crippen LogP contribution in [0.25, 0.3) is 11.0 Å². The molecule has 0 saturated carbocycles. The minimum absolute atomic E-state index is 0.237. The number of hydrogen-bond donors (Lipinski definition) is 2. The maximum absolute atomic E-state index is 5.79. The molecule has 3 N–H and O–H groups in total. The van der Waals surface area contributed by atoms with E-state index >= 15 is 0 Å². The number of rotatable bonds is 3. The van der Waals surface area contributed by atoms with Crippen LogP contribution in [0.1, 0.15) is 17.5 Å². The Morgan fingerprint density at radius 3 is 2.83 bits per heavy atom. The smallest absolute Gasteiger partial charge is 0.134 e. The SMILES string of the molecule is Cn1ccc(C(NN)c2cc3ccccc3o2)n1. The van der Waals surface area contributed by atoms with E-state index in [1.54, 1.807) is 4.68 Å². The molecule has 1 unspecified atom stereocenters. The van der Waals surface area contributed by atoms with Crippen molar-refractivity contribution in [2.45, 2.75) is 6.04 Å². The van der Waals surface area contributed by atoms with Gasteiger partial charge in [-0.25, -0.2) is 5.43 Å². The molecule has 3 aromatic rings. The molecule has 0 spiro atoms. The zero-order valence-corrected chi connectivity index (χ0v) is 10.00. The van der Waals surface area contributed by atoms with Crippen LogP contribution < -0.4 is 11.3 Å². The van der Waals surface area contributed by atoms with Crippen LogP contribution in [-0.2, 0) is 7.05 Å². The predicted octanol–water partition coefficient (Wildman–Crippen LogP) is 1.72. The number of nitrogens with two attached hydrogens (primary N) is 1. The largest absolute Gasteiger partial charge is 0.459 e. The van der Waals surface area contributed by atoms with Gasteiger partial charge in [-0.2, -0.15) is 5.10 Å². The third kappa shape index (κ3) is 1.79. The molecule has 0 aliphatic heterocycles. The van der Waals surface area contributed by atoms with E-state index < -0.39 is 0 Å². The van der Waals surface area contributed by atoms with Crippen molar-refractivity contribution in [1.29, 1.82) is 0 Å². The van der Waals surface area contributed by atoms with Crippen molar-refractivity contribution < 1.29 is 4.42 Å². The molecule has 5 nitrogen and oxygen atoms in total. The van der Waals surface area contributed by atoms with Crippen LogP contribution in [0.2, 0.25) is 0 Å². The fourth-order valence-corrected chi connectivity index (χ4v) is 2.04. The molecule has 0 saturated heterocycles. The van der Waals surface area contributed by atoms with Gasteiger partial charge in [-0.3, -0.25) is 10.5 Å². The predicted molar refractivity (Wildman–Crippen MR) is 68.6 cm³/mol. The van der Waals surface area contributed by atoms with Gasteiger partial charge in [-0.1, -0.05) is 18.2 Å². The fourth-order valence-electron chi connectivity index (χ4n) is 2.04. The summed E-state index contributed by atoms with van der Waals surface area (Å²) in [6.07, 6.45) is 1.88. The van der Waals surface area contributed by atoms with Crippen LogP contribution in [0.4, 0.5) is 0 Å². The molecule has 0 fully saturated rings. The molecular formula is C13H14N4O. The topological polar surface area (TPSA) is 69.0 Å². The number of aromatic nitrogens is 2. The summed E-state index contributed by atoms with van der Waals surface area (Å²) in [5, 5.41) is 5.40. The second-order valence-electron chi connectivity index (χ2n) is 4.20. The first-order valence-electron chi connectivity index (χ1n) is 5.72. The molecule has 3 rings (SSSR count). The minimum Gasteiger partial charge on any atom is -0.459 e. The van der Waals surface area contributed by atoms with Gasteiger partial charge in [0.2, 0.25) is 0 Å². The Bertz CT molecular complexity index is 637. The lowest BCUT2D eigenvalue weighted by Crippen LogP contribution is -2.28. The van der Waals surface area contributed by atoms with Gasteiger partial charge in [0.25, 0.3) is 0 Å². The highest BCUT2D eigenvalue weighted by Crippen LogP contribution is 2.26. The molecule has 5 heteroatoms. The molecule has 0 bridgehead atoms. The van der Waals surface area contributed by atoms with Crippen LogP contribution in [0.3, 0.4) is 0 Å². The lowest BCUT2D eigenvalue weighted by molar-refractivity contribution is 0.468. The van der Waals surface area contributed by atoms with Gasteiger partial charge in [-0.15, -0.1) is 0 Å². The monoisotopic (exact) mass is 242 g/mol. The Morgan fingerprint density at radius 2 is 2.17 bits per heavy atom. The number of fused-ring (bicyclic) bond motifs is 1. The maximum atomic E-state index is 5.79. The first-order valence-corrected chi connectivity index (χ1v) is 5.72. The second kappa shape index (κ2) is 4.29. The van der Waals surface area contributed by atoms with Gasteiger partial charge >= 0.3 is 0 Å². The van der Waals surface area contributed by atoms with Crippen molar-refractivity contribution in [3.63, 3.8) is 0 Å². The standard InChI is InChI=1S/C13H14N4O/c1-17-7-6-10(16-17)13(15-14)12-8-9-4-2-3-5-11(9)18-12/h2-8,13,15H,14H2,1H3. The van der Waals surface area contributed by atoms with E-state index in [0.29, 0.717) is 0 Å². The lowest BCUT2D eigenvalue weighted by Gasteiger charge is -2.09. The Kier molecular flexibility index (Phi) is 2.62. The fraction of sp³-hybridized carbons (Fsp3) is 0.154. The van der Waals surface area contributed by atoms with Gasteiger partial charge in [0.15, 0.2) is 0 Å². The number of furan rings is 1. The van der Waals surface area contributed by atoms with E-state index in [1.165, 1.54) is 0 Å². The molecule has 18 heavy (non-hydrogen) atoms. The molecule has 2 heterocycles. The molecule has 1 aromatic carbocycles. The average molecular weight is 242 g/mol. The number of benzene rings is 1. The number of hydrazine groups is 1. The molecule has 0 aliphatic carbocycles. The third-order valence-electron chi connectivity index (χ3n) is 2.93. The number of nitrogens with one attached hydrogen (secondary N) is 1. The van der Waals surface area contributed by atoms with Gasteiger partial charge in [-0.05, 0) is 18.2 Å². The molecule has 1 atom stereocenters. The molecule has 0 radical (unpaired) electrons. The first-order chi connectivity index (χ1) is 8.78. The molecular weight excluding hydrogens is 228 g/mol. The van der Waals surface area contributed by atoms with Crippen LogP contribution in [0.5, 0.6) is 0 Å². The Hall–Kier alpha value is -2.11. The Labute approximate surface area is 104 Å². The summed E-state index contributed by atoms with van der Waals surface area (Å²) in [7, 11) is 1.87. The number of para-hydroxylation sites is 1. The van der Waals surface area contributed by atoms with E-state index in [4.69, 9.17) is 10.3 Å². The highest BCUT2D eigenvalue weighted by molar-refractivity contribution is 5.77. The Morgan fingerprint density at radius 1 is 1.33 bits per heavy atom. The number of hydrogen-bond acceptors (Lipinski definition) is 4. The summed E-state index contributed by atoms with van der Waals surface area (Å²) in [6.45, 7) is 0. The van der Waals surface area contributed by atoms with Crippen LogP contribution >= 0.6 is 0 Å². The average Bonchev–Trinajstić information content (AvgIpc) is 2.96. The number of nitrogens with zero attached hydrogens (tertiary/aromatic N) is 2. The van der Waals surface area contributed by atoms with Crippen molar-refractivity contribution in [1.82, 2.24) is 15.2 Å².